The maximum atomic E-state index is 12.2. The van der Waals surface area contributed by atoms with Gasteiger partial charge in [0, 0.05) is 11.5 Å². The second kappa shape index (κ2) is 11.4. The van der Waals surface area contributed by atoms with E-state index in [-0.39, 0.29) is 0 Å². The number of ether oxygens (including phenoxy) is 2. The minimum Gasteiger partial charge on any atom is -0.444 e. The summed E-state index contributed by atoms with van der Waals surface area (Å²) in [5.74, 6) is 1.99. The van der Waals surface area contributed by atoms with Crippen LogP contribution in [0.4, 0.5) is 9.59 Å². The molecule has 0 aliphatic rings. The van der Waals surface area contributed by atoms with Gasteiger partial charge in [0.15, 0.2) is 0 Å². The molecule has 0 aromatic carbocycles. The summed E-state index contributed by atoms with van der Waals surface area (Å²) in [5.41, 5.74) is -1.23. The topological polar surface area (TPSA) is 160 Å². The molecular formula is C18H30N8O4S2. The number of rotatable bonds is 9. The van der Waals surface area contributed by atoms with Gasteiger partial charge in [-0.3, -0.25) is 10.2 Å². The van der Waals surface area contributed by atoms with Gasteiger partial charge >= 0.3 is 12.2 Å². The summed E-state index contributed by atoms with van der Waals surface area (Å²) in [6.45, 7) is 10.8. The number of aromatic amines is 2. The van der Waals surface area contributed by atoms with Crippen LogP contribution in [-0.4, -0.2) is 65.3 Å². The van der Waals surface area contributed by atoms with Crippen LogP contribution in [0, 0.1) is 0 Å². The van der Waals surface area contributed by atoms with E-state index in [1.165, 1.54) is 34.2 Å². The summed E-state index contributed by atoms with van der Waals surface area (Å²) < 4.78 is 10.7. The summed E-state index contributed by atoms with van der Waals surface area (Å²) in [4.78, 5) is 32.7. The Kier molecular flexibility index (Phi) is 9.19. The lowest BCUT2D eigenvalue weighted by Gasteiger charge is -2.23. The Morgan fingerprint density at radius 2 is 1.22 bits per heavy atom. The molecule has 14 heteroatoms. The summed E-state index contributed by atoms with van der Waals surface area (Å²) in [5, 5.41) is 18.9. The lowest BCUT2D eigenvalue weighted by Crippen LogP contribution is -2.36. The van der Waals surface area contributed by atoms with E-state index in [0.717, 1.165) is 0 Å². The predicted molar refractivity (Wildman–Crippen MR) is 122 cm³/mol. The van der Waals surface area contributed by atoms with Gasteiger partial charge in [-0.05, 0) is 41.5 Å². The summed E-state index contributed by atoms with van der Waals surface area (Å²) >= 11 is 0. The molecule has 0 saturated carbocycles. The number of amides is 2. The highest BCUT2D eigenvalue weighted by Gasteiger charge is 2.24. The standard InChI is InChI=1S/C18H30N8O4S2/c1-17(2,3)29-15(27)23-11(13-19-9-21-25-13)7-31-32-8-12(14-20-10-22-26-14)24-16(28)30-18(4,5)6/h9-12H,7-8H2,1-6H3,(H,23,27)(H,24,28)(H,19,21,25)(H,20,22,26)/t11-,12-/m0/s1. The highest BCUT2D eigenvalue weighted by atomic mass is 33.1. The van der Waals surface area contributed by atoms with Crippen LogP contribution in [0.25, 0.3) is 0 Å². The Morgan fingerprint density at radius 1 is 0.844 bits per heavy atom. The molecule has 0 bridgehead atoms. The third-order valence-electron chi connectivity index (χ3n) is 3.46. The van der Waals surface area contributed by atoms with Crippen LogP contribution >= 0.6 is 21.6 Å². The molecule has 12 nitrogen and oxygen atoms in total. The fourth-order valence-electron chi connectivity index (χ4n) is 2.28. The number of nitrogens with one attached hydrogen (secondary N) is 4. The van der Waals surface area contributed by atoms with Gasteiger partial charge in [0.25, 0.3) is 0 Å². The minimum atomic E-state index is -0.616. The molecule has 2 aromatic heterocycles. The molecule has 0 fully saturated rings. The molecule has 4 N–H and O–H groups in total. The molecule has 178 valence electrons. The predicted octanol–water partition coefficient (Wildman–Crippen LogP) is 3.14. The van der Waals surface area contributed by atoms with Crippen molar-refractivity contribution >= 4 is 33.8 Å². The molecule has 2 atom stereocenters. The zero-order valence-electron chi connectivity index (χ0n) is 19.0. The molecule has 2 rings (SSSR count). The van der Waals surface area contributed by atoms with Gasteiger partial charge in [-0.15, -0.1) is 0 Å². The lowest BCUT2D eigenvalue weighted by molar-refractivity contribution is 0.0495. The summed E-state index contributed by atoms with van der Waals surface area (Å²) in [7, 11) is 2.98. The zero-order valence-corrected chi connectivity index (χ0v) is 20.6. The van der Waals surface area contributed by atoms with E-state index >= 15 is 0 Å². The van der Waals surface area contributed by atoms with Gasteiger partial charge in [0.2, 0.25) is 0 Å². The smallest absolute Gasteiger partial charge is 0.408 e. The summed E-state index contributed by atoms with van der Waals surface area (Å²) in [6, 6.07) is -0.875. The molecular weight excluding hydrogens is 456 g/mol. The van der Waals surface area contributed by atoms with Gasteiger partial charge in [-0.2, -0.15) is 10.2 Å². The average Bonchev–Trinajstić information content (AvgIpc) is 3.34. The Bertz CT molecular complexity index is 764. The molecule has 32 heavy (non-hydrogen) atoms. The monoisotopic (exact) mass is 486 g/mol. The van der Waals surface area contributed by atoms with Gasteiger partial charge in [0.05, 0.1) is 0 Å². The van der Waals surface area contributed by atoms with Crippen LogP contribution in [0.15, 0.2) is 12.7 Å². The van der Waals surface area contributed by atoms with Crippen molar-refractivity contribution in [1.82, 2.24) is 41.0 Å². The van der Waals surface area contributed by atoms with E-state index < -0.39 is 35.5 Å². The van der Waals surface area contributed by atoms with Crippen molar-refractivity contribution in [3.63, 3.8) is 0 Å². The molecule has 2 heterocycles. The largest absolute Gasteiger partial charge is 0.444 e. The quantitative estimate of drug-likeness (QED) is 0.306. The SMILES string of the molecule is CC(C)(C)OC(=O)N[C@@H](CSSC[C@H](NC(=O)OC(C)(C)C)c1ncn[nH]1)c1ncn[nH]1. The molecule has 0 aliphatic heterocycles. The minimum absolute atomic E-state index is 0.438. The van der Waals surface area contributed by atoms with Crippen LogP contribution < -0.4 is 10.6 Å². The number of aromatic nitrogens is 6. The van der Waals surface area contributed by atoms with Crippen LogP contribution in [-0.2, 0) is 9.47 Å². The van der Waals surface area contributed by atoms with E-state index in [0.29, 0.717) is 23.2 Å². The number of alkyl carbamates (subject to hydrolysis) is 2. The Labute approximate surface area is 194 Å². The number of nitrogens with zero attached hydrogens (tertiary/aromatic N) is 4. The van der Waals surface area contributed by atoms with Crippen molar-refractivity contribution in [1.29, 1.82) is 0 Å². The molecule has 0 aliphatic carbocycles. The van der Waals surface area contributed by atoms with Crippen molar-refractivity contribution in [2.24, 2.45) is 0 Å². The van der Waals surface area contributed by atoms with Crippen LogP contribution in [0.2, 0.25) is 0 Å². The third kappa shape index (κ3) is 9.77. The number of hydrogen-bond donors (Lipinski definition) is 4. The number of H-pyrrole nitrogens is 2. The first-order valence-electron chi connectivity index (χ1n) is 9.87. The Hall–Kier alpha value is -2.48. The first kappa shape index (κ1) is 25.8. The van der Waals surface area contributed by atoms with Crippen LogP contribution in [0.1, 0.15) is 65.3 Å². The maximum Gasteiger partial charge on any atom is 0.408 e. The fraction of sp³-hybridized carbons (Fsp3) is 0.667. The highest BCUT2D eigenvalue weighted by molar-refractivity contribution is 8.76. The van der Waals surface area contributed by atoms with E-state index in [1.807, 2.05) is 0 Å². The van der Waals surface area contributed by atoms with Crippen LogP contribution in [0.3, 0.4) is 0 Å². The molecule has 0 spiro atoms. The van der Waals surface area contributed by atoms with Gasteiger partial charge < -0.3 is 20.1 Å². The lowest BCUT2D eigenvalue weighted by atomic mass is 10.2. The summed E-state index contributed by atoms with van der Waals surface area (Å²) in [6.07, 6.45) is 1.66. The Balaban J connectivity index is 1.92. The van der Waals surface area contributed by atoms with E-state index in [4.69, 9.17) is 9.47 Å². The fourth-order valence-corrected chi connectivity index (χ4v) is 4.62. The van der Waals surface area contributed by atoms with Crippen LogP contribution in [0.5, 0.6) is 0 Å². The van der Waals surface area contributed by atoms with Crippen molar-refractivity contribution in [2.75, 3.05) is 11.5 Å². The van der Waals surface area contributed by atoms with Crippen molar-refractivity contribution in [3.05, 3.63) is 24.3 Å². The van der Waals surface area contributed by atoms with Gasteiger partial charge in [-0.1, -0.05) is 21.6 Å². The Morgan fingerprint density at radius 3 is 1.50 bits per heavy atom. The zero-order chi connectivity index (χ0) is 23.8. The third-order valence-corrected chi connectivity index (χ3v) is 5.88. The second-order valence-corrected chi connectivity index (χ2v) is 11.3. The molecule has 0 unspecified atom stereocenters. The van der Waals surface area contributed by atoms with Crippen molar-refractivity contribution in [3.8, 4) is 0 Å². The maximum absolute atomic E-state index is 12.2. The number of hydrogen-bond acceptors (Lipinski definition) is 10. The highest BCUT2D eigenvalue weighted by Crippen LogP contribution is 2.30. The van der Waals surface area contributed by atoms with E-state index in [1.54, 1.807) is 41.5 Å². The van der Waals surface area contributed by atoms with Crippen molar-refractivity contribution in [2.45, 2.75) is 64.8 Å². The number of carbonyl (C=O) groups is 2. The van der Waals surface area contributed by atoms with E-state index in [9.17, 15) is 9.59 Å². The molecule has 2 aromatic rings. The number of carbonyl (C=O) groups excluding carboxylic acids is 2. The van der Waals surface area contributed by atoms with Gasteiger partial charge in [0.1, 0.15) is 47.6 Å². The van der Waals surface area contributed by atoms with Gasteiger partial charge in [-0.25, -0.2) is 19.6 Å². The first-order valence-corrected chi connectivity index (χ1v) is 12.4. The second-order valence-electron chi connectivity index (χ2n) is 8.71. The van der Waals surface area contributed by atoms with Crippen molar-refractivity contribution < 1.29 is 19.1 Å². The first-order chi connectivity index (χ1) is 14.9. The molecule has 0 radical (unpaired) electrons. The molecule has 0 saturated heterocycles. The normalized spacial score (nSPS) is 13.8. The van der Waals surface area contributed by atoms with E-state index in [2.05, 4.69) is 41.0 Å². The molecule has 2 amide bonds. The average molecular weight is 487 g/mol.